The summed E-state index contributed by atoms with van der Waals surface area (Å²) in [5, 5.41) is 5.35. The summed E-state index contributed by atoms with van der Waals surface area (Å²) >= 11 is 1.50. The van der Waals surface area contributed by atoms with Crippen molar-refractivity contribution in [3.63, 3.8) is 0 Å². The van der Waals surface area contributed by atoms with Gasteiger partial charge in [-0.15, -0.1) is 0 Å². The standard InChI is InChI=1S/C18H22N4OS/c1-12(2)8-16-20-22-17(23)10-14(19-18(22)24-16)11-21(4)15-7-5-6-13(3)9-15/h5-7,9-10,12H,8,11H2,1-4H3. The van der Waals surface area contributed by atoms with Crippen molar-refractivity contribution in [1.29, 1.82) is 0 Å². The van der Waals surface area contributed by atoms with E-state index in [9.17, 15) is 4.79 Å². The van der Waals surface area contributed by atoms with Crippen LogP contribution in [0.25, 0.3) is 4.96 Å². The van der Waals surface area contributed by atoms with Crippen molar-refractivity contribution in [3.8, 4) is 0 Å². The molecule has 6 heteroatoms. The topological polar surface area (TPSA) is 50.5 Å². The van der Waals surface area contributed by atoms with Crippen molar-refractivity contribution >= 4 is 22.0 Å². The Labute approximate surface area is 145 Å². The van der Waals surface area contributed by atoms with E-state index in [1.807, 2.05) is 13.1 Å². The number of hydrogen-bond acceptors (Lipinski definition) is 5. The van der Waals surface area contributed by atoms with E-state index in [2.05, 4.69) is 54.0 Å². The lowest BCUT2D eigenvalue weighted by Crippen LogP contribution is -2.21. The maximum absolute atomic E-state index is 12.3. The number of aromatic nitrogens is 3. The van der Waals surface area contributed by atoms with Gasteiger partial charge in [0.1, 0.15) is 5.01 Å². The highest BCUT2D eigenvalue weighted by molar-refractivity contribution is 7.16. The SMILES string of the molecule is Cc1cccc(N(C)Cc2cc(=O)n3nc(CC(C)C)sc3n2)c1. The number of rotatable bonds is 5. The minimum absolute atomic E-state index is 0.112. The van der Waals surface area contributed by atoms with Crippen LogP contribution in [-0.4, -0.2) is 21.6 Å². The third kappa shape index (κ3) is 3.64. The van der Waals surface area contributed by atoms with Crippen LogP contribution in [-0.2, 0) is 13.0 Å². The lowest BCUT2D eigenvalue weighted by Gasteiger charge is -2.19. The molecule has 0 bridgehead atoms. The Balaban J connectivity index is 1.88. The van der Waals surface area contributed by atoms with Gasteiger partial charge in [0.2, 0.25) is 4.96 Å². The summed E-state index contributed by atoms with van der Waals surface area (Å²) in [7, 11) is 2.01. The number of anilines is 1. The smallest absolute Gasteiger partial charge is 0.275 e. The molecule has 0 saturated heterocycles. The number of nitrogens with zero attached hydrogens (tertiary/aromatic N) is 4. The zero-order valence-corrected chi connectivity index (χ0v) is 15.3. The highest BCUT2D eigenvalue weighted by Crippen LogP contribution is 2.18. The fourth-order valence-corrected chi connectivity index (χ4v) is 3.74. The van der Waals surface area contributed by atoms with Gasteiger partial charge in [-0.25, -0.2) is 4.98 Å². The Morgan fingerprint density at radius 2 is 2.08 bits per heavy atom. The summed E-state index contributed by atoms with van der Waals surface area (Å²) in [6.45, 7) is 6.95. The summed E-state index contributed by atoms with van der Waals surface area (Å²) in [6.07, 6.45) is 0.867. The zero-order chi connectivity index (χ0) is 17.3. The van der Waals surface area contributed by atoms with Gasteiger partial charge < -0.3 is 4.90 Å². The summed E-state index contributed by atoms with van der Waals surface area (Å²) in [6, 6.07) is 9.87. The molecule has 0 spiro atoms. The molecule has 0 fully saturated rings. The molecule has 0 aliphatic heterocycles. The Morgan fingerprint density at radius 1 is 1.29 bits per heavy atom. The fraction of sp³-hybridized carbons (Fsp3) is 0.389. The van der Waals surface area contributed by atoms with Crippen LogP contribution in [0.5, 0.6) is 0 Å². The second kappa shape index (κ2) is 6.73. The average Bonchev–Trinajstić information content (AvgIpc) is 2.89. The van der Waals surface area contributed by atoms with E-state index in [-0.39, 0.29) is 5.56 Å². The van der Waals surface area contributed by atoms with Gasteiger partial charge in [-0.2, -0.15) is 9.61 Å². The highest BCUT2D eigenvalue weighted by Gasteiger charge is 2.11. The Morgan fingerprint density at radius 3 is 2.79 bits per heavy atom. The number of benzene rings is 1. The van der Waals surface area contributed by atoms with Gasteiger partial charge in [0.05, 0.1) is 12.2 Å². The van der Waals surface area contributed by atoms with Crippen LogP contribution >= 0.6 is 11.3 Å². The Kier molecular flexibility index (Phi) is 4.66. The van der Waals surface area contributed by atoms with E-state index in [0.717, 1.165) is 22.8 Å². The average molecular weight is 342 g/mol. The highest BCUT2D eigenvalue weighted by atomic mass is 32.1. The van der Waals surface area contributed by atoms with Crippen molar-refractivity contribution in [2.24, 2.45) is 5.92 Å². The molecule has 3 rings (SSSR count). The predicted octanol–water partition coefficient (Wildman–Crippen LogP) is 3.29. The monoisotopic (exact) mass is 342 g/mol. The van der Waals surface area contributed by atoms with Crippen LogP contribution < -0.4 is 10.5 Å². The molecule has 0 amide bonds. The van der Waals surface area contributed by atoms with E-state index in [4.69, 9.17) is 0 Å². The quantitative estimate of drug-likeness (QED) is 0.714. The van der Waals surface area contributed by atoms with Crippen molar-refractivity contribution in [1.82, 2.24) is 14.6 Å². The van der Waals surface area contributed by atoms with Crippen LogP contribution in [0, 0.1) is 12.8 Å². The summed E-state index contributed by atoms with van der Waals surface area (Å²) < 4.78 is 1.42. The van der Waals surface area contributed by atoms with Crippen LogP contribution in [0.3, 0.4) is 0 Å². The molecule has 0 unspecified atom stereocenters. The molecule has 2 aromatic heterocycles. The third-order valence-corrected chi connectivity index (χ3v) is 4.70. The molecule has 126 valence electrons. The molecule has 0 N–H and O–H groups in total. The van der Waals surface area contributed by atoms with E-state index < -0.39 is 0 Å². The first-order valence-electron chi connectivity index (χ1n) is 8.09. The molecular weight excluding hydrogens is 320 g/mol. The minimum Gasteiger partial charge on any atom is -0.369 e. The molecule has 24 heavy (non-hydrogen) atoms. The predicted molar refractivity (Wildman–Crippen MR) is 99.0 cm³/mol. The van der Waals surface area contributed by atoms with Crippen molar-refractivity contribution in [3.05, 3.63) is 57.0 Å². The number of fused-ring (bicyclic) bond motifs is 1. The molecule has 0 atom stereocenters. The third-order valence-electron chi connectivity index (χ3n) is 3.76. The van der Waals surface area contributed by atoms with Crippen LogP contribution in [0.2, 0.25) is 0 Å². The minimum atomic E-state index is -0.112. The zero-order valence-electron chi connectivity index (χ0n) is 14.5. The van der Waals surface area contributed by atoms with Crippen molar-refractivity contribution in [2.45, 2.75) is 33.7 Å². The molecule has 2 heterocycles. The van der Waals surface area contributed by atoms with Crippen molar-refractivity contribution in [2.75, 3.05) is 11.9 Å². The molecule has 0 radical (unpaired) electrons. The van der Waals surface area contributed by atoms with Crippen molar-refractivity contribution < 1.29 is 0 Å². The fourth-order valence-electron chi connectivity index (χ4n) is 2.61. The molecule has 3 aromatic rings. The molecular formula is C18H22N4OS. The molecule has 0 aliphatic carbocycles. The Bertz CT molecular complexity index is 913. The first kappa shape index (κ1) is 16.6. The maximum Gasteiger partial charge on any atom is 0.275 e. The van der Waals surface area contributed by atoms with E-state index >= 15 is 0 Å². The summed E-state index contributed by atoms with van der Waals surface area (Å²) in [5.74, 6) is 0.508. The summed E-state index contributed by atoms with van der Waals surface area (Å²) in [5.41, 5.74) is 2.98. The lowest BCUT2D eigenvalue weighted by molar-refractivity contribution is 0.635. The molecule has 0 saturated carbocycles. The lowest BCUT2D eigenvalue weighted by atomic mass is 10.1. The number of hydrogen-bond donors (Lipinski definition) is 0. The normalized spacial score (nSPS) is 11.4. The van der Waals surface area contributed by atoms with E-state index in [1.165, 1.54) is 21.4 Å². The molecule has 5 nitrogen and oxygen atoms in total. The van der Waals surface area contributed by atoms with Gasteiger partial charge in [-0.1, -0.05) is 37.3 Å². The van der Waals surface area contributed by atoms with Crippen LogP contribution in [0.1, 0.15) is 30.1 Å². The number of aryl methyl sites for hydroxylation is 1. The van der Waals surface area contributed by atoms with Gasteiger partial charge in [0, 0.05) is 25.2 Å². The van der Waals surface area contributed by atoms with Gasteiger partial charge in [-0.3, -0.25) is 4.79 Å². The second-order valence-corrected chi connectivity index (χ2v) is 7.61. The summed E-state index contributed by atoms with van der Waals surface area (Å²) in [4.78, 5) is 19.7. The largest absolute Gasteiger partial charge is 0.369 e. The first-order chi connectivity index (χ1) is 11.4. The second-order valence-electron chi connectivity index (χ2n) is 6.57. The molecule has 1 aromatic carbocycles. The maximum atomic E-state index is 12.3. The van der Waals surface area contributed by atoms with E-state index in [0.29, 0.717) is 17.4 Å². The van der Waals surface area contributed by atoms with Crippen LogP contribution in [0.4, 0.5) is 5.69 Å². The van der Waals surface area contributed by atoms with Gasteiger partial charge in [0.15, 0.2) is 0 Å². The van der Waals surface area contributed by atoms with Gasteiger partial charge >= 0.3 is 0 Å². The van der Waals surface area contributed by atoms with E-state index in [1.54, 1.807) is 6.07 Å². The first-order valence-corrected chi connectivity index (χ1v) is 8.90. The van der Waals surface area contributed by atoms with Gasteiger partial charge in [0.25, 0.3) is 5.56 Å². The van der Waals surface area contributed by atoms with Crippen LogP contribution in [0.15, 0.2) is 35.1 Å². The van der Waals surface area contributed by atoms with Gasteiger partial charge in [-0.05, 0) is 30.5 Å². The Hall–Kier alpha value is -2.21. The molecule has 0 aliphatic rings.